The van der Waals surface area contributed by atoms with Crippen molar-refractivity contribution in [3.63, 3.8) is 0 Å². The number of benzene rings is 1. The number of rotatable bonds is 5. The van der Waals surface area contributed by atoms with E-state index in [1.165, 1.54) is 13.8 Å². The van der Waals surface area contributed by atoms with E-state index in [4.69, 9.17) is 4.74 Å². The summed E-state index contributed by atoms with van der Waals surface area (Å²) in [5.74, 6) is -0.757. The number of anilines is 1. The lowest BCUT2D eigenvalue weighted by atomic mass is 10.1. The van der Waals surface area contributed by atoms with Gasteiger partial charge in [-0.05, 0) is 39.3 Å². The topological polar surface area (TPSA) is 92.8 Å². The summed E-state index contributed by atoms with van der Waals surface area (Å²) in [6, 6.07) is 5.88. The first kappa shape index (κ1) is 19.4. The summed E-state index contributed by atoms with van der Waals surface area (Å²) in [5.41, 5.74) is 0.932. The molecule has 1 aromatic carbocycles. The maximum atomic E-state index is 12.5. The van der Waals surface area contributed by atoms with E-state index in [2.05, 4.69) is 5.32 Å². The van der Waals surface area contributed by atoms with Crippen LogP contribution in [0.4, 0.5) is 5.69 Å². The van der Waals surface area contributed by atoms with Crippen LogP contribution in [-0.2, 0) is 19.1 Å². The summed E-state index contributed by atoms with van der Waals surface area (Å²) < 4.78 is 5.32. The number of hydrogen-bond acceptors (Lipinski definition) is 6. The zero-order valence-electron chi connectivity index (χ0n) is 15.5. The van der Waals surface area contributed by atoms with Crippen LogP contribution in [-0.4, -0.2) is 51.2 Å². The third kappa shape index (κ3) is 3.85. The maximum absolute atomic E-state index is 12.5. The van der Waals surface area contributed by atoms with Crippen LogP contribution in [0.5, 0.6) is 0 Å². The molecule has 2 aliphatic rings. The van der Waals surface area contributed by atoms with Crippen molar-refractivity contribution in [3.8, 4) is 0 Å². The van der Waals surface area contributed by atoms with Crippen LogP contribution < -0.4 is 5.32 Å². The summed E-state index contributed by atoms with van der Waals surface area (Å²) in [4.78, 5) is 49.7. The second kappa shape index (κ2) is 7.34. The summed E-state index contributed by atoms with van der Waals surface area (Å²) in [5, 5.41) is 2.64. The molecule has 1 N–H and O–H groups in total. The number of nitrogens with zero attached hydrogens (tertiary/aromatic N) is 1. The molecule has 3 atom stereocenters. The second-order valence-corrected chi connectivity index (χ2v) is 8.47. The van der Waals surface area contributed by atoms with Crippen LogP contribution in [0.25, 0.3) is 0 Å². The molecule has 0 radical (unpaired) electrons. The number of nitrogens with one attached hydrogen (secondary N) is 1. The predicted molar refractivity (Wildman–Crippen MR) is 101 cm³/mol. The Morgan fingerprint density at radius 3 is 2.81 bits per heavy atom. The molecule has 2 fully saturated rings. The molecule has 0 spiro atoms. The number of carbonyl (C=O) groups is 4. The van der Waals surface area contributed by atoms with Crippen LogP contribution in [0, 0.1) is 0 Å². The second-order valence-electron chi connectivity index (χ2n) is 6.97. The van der Waals surface area contributed by atoms with Crippen LogP contribution in [0.2, 0.25) is 0 Å². The molecule has 2 amide bonds. The Morgan fingerprint density at radius 1 is 1.37 bits per heavy atom. The van der Waals surface area contributed by atoms with Gasteiger partial charge >= 0.3 is 5.97 Å². The molecule has 0 saturated carbocycles. The highest BCUT2D eigenvalue weighted by Crippen LogP contribution is 2.47. The van der Waals surface area contributed by atoms with Gasteiger partial charge in [0.25, 0.3) is 5.91 Å². The van der Waals surface area contributed by atoms with Gasteiger partial charge < -0.3 is 15.0 Å². The van der Waals surface area contributed by atoms with E-state index in [1.54, 1.807) is 40.9 Å². The molecule has 2 heterocycles. The summed E-state index contributed by atoms with van der Waals surface area (Å²) in [6.45, 7) is 4.88. The van der Waals surface area contributed by atoms with E-state index in [0.29, 0.717) is 29.8 Å². The third-order valence-electron chi connectivity index (χ3n) is 4.92. The smallest absolute Gasteiger partial charge is 0.330 e. The minimum absolute atomic E-state index is 0.0531. The number of esters is 1. The monoisotopic (exact) mass is 390 g/mol. The van der Waals surface area contributed by atoms with Gasteiger partial charge in [-0.1, -0.05) is 12.1 Å². The van der Waals surface area contributed by atoms with Gasteiger partial charge in [0.1, 0.15) is 6.04 Å². The Balaban J connectivity index is 1.61. The molecular formula is C19H22N2O5S. The van der Waals surface area contributed by atoms with Gasteiger partial charge in [0.05, 0.1) is 4.87 Å². The largest absolute Gasteiger partial charge is 0.451 e. The van der Waals surface area contributed by atoms with E-state index in [9.17, 15) is 19.2 Å². The van der Waals surface area contributed by atoms with Crippen molar-refractivity contribution in [2.24, 2.45) is 0 Å². The van der Waals surface area contributed by atoms with Crippen molar-refractivity contribution < 1.29 is 23.9 Å². The number of ketones is 1. The number of ether oxygens (including phenoxy) is 1. The minimum Gasteiger partial charge on any atom is -0.451 e. The van der Waals surface area contributed by atoms with Gasteiger partial charge in [-0.15, -0.1) is 11.8 Å². The van der Waals surface area contributed by atoms with E-state index in [0.717, 1.165) is 0 Å². The van der Waals surface area contributed by atoms with Crippen LogP contribution in [0.1, 0.15) is 44.0 Å². The molecule has 8 heteroatoms. The fourth-order valence-electron chi connectivity index (χ4n) is 3.36. The van der Waals surface area contributed by atoms with Gasteiger partial charge in [-0.3, -0.25) is 14.4 Å². The molecule has 7 nitrogen and oxygen atoms in total. The highest BCUT2D eigenvalue weighted by atomic mass is 32.2. The molecule has 0 aromatic heterocycles. The van der Waals surface area contributed by atoms with Crippen molar-refractivity contribution in [3.05, 3.63) is 29.8 Å². The van der Waals surface area contributed by atoms with Crippen LogP contribution >= 0.6 is 11.8 Å². The minimum atomic E-state index is -1.02. The van der Waals surface area contributed by atoms with Crippen LogP contribution in [0.3, 0.4) is 0 Å². The molecule has 3 rings (SSSR count). The first-order valence-corrected chi connectivity index (χ1v) is 9.78. The Kier molecular flexibility index (Phi) is 5.28. The van der Waals surface area contributed by atoms with Gasteiger partial charge in [0, 0.05) is 23.4 Å². The number of hydrogen-bond donors (Lipinski definition) is 1. The molecule has 0 bridgehead atoms. The van der Waals surface area contributed by atoms with E-state index >= 15 is 0 Å². The van der Waals surface area contributed by atoms with E-state index < -0.39 is 24.0 Å². The SMILES string of the molecule is CC(=O)c1cccc(NC(=O)[C@H](C)OC(=O)[C@@H]2CS[C@@]3(C)CCC(=O)N23)c1. The quantitative estimate of drug-likeness (QED) is 0.612. The number of thioether (sulfide) groups is 1. The lowest BCUT2D eigenvalue weighted by molar-refractivity contribution is -0.160. The van der Waals surface area contributed by atoms with Crippen molar-refractivity contribution in [1.82, 2.24) is 4.90 Å². The number of Topliss-reactive ketones (excluding diaryl/α,β-unsaturated/α-hetero) is 1. The van der Waals surface area contributed by atoms with Crippen molar-refractivity contribution in [1.29, 1.82) is 0 Å². The molecule has 0 aliphatic carbocycles. The highest BCUT2D eigenvalue weighted by Gasteiger charge is 2.53. The summed E-state index contributed by atoms with van der Waals surface area (Å²) in [7, 11) is 0. The van der Waals surface area contributed by atoms with Gasteiger partial charge in [-0.25, -0.2) is 4.79 Å². The first-order chi connectivity index (χ1) is 12.7. The summed E-state index contributed by atoms with van der Waals surface area (Å²) in [6.07, 6.45) is 0.117. The molecule has 0 unspecified atom stereocenters. The fourth-order valence-corrected chi connectivity index (χ4v) is 4.78. The normalized spacial score (nSPS) is 25.1. The van der Waals surface area contributed by atoms with Gasteiger partial charge in [0.2, 0.25) is 5.91 Å². The first-order valence-electron chi connectivity index (χ1n) is 8.80. The van der Waals surface area contributed by atoms with Gasteiger partial charge in [0.15, 0.2) is 11.9 Å². The Morgan fingerprint density at radius 2 is 2.11 bits per heavy atom. The average Bonchev–Trinajstić information content (AvgIpc) is 3.11. The van der Waals surface area contributed by atoms with E-state index in [-0.39, 0.29) is 16.6 Å². The number of fused-ring (bicyclic) bond motifs is 1. The number of amides is 2. The maximum Gasteiger partial charge on any atom is 0.330 e. The third-order valence-corrected chi connectivity index (χ3v) is 6.42. The Hall–Kier alpha value is -2.35. The predicted octanol–water partition coefficient (Wildman–Crippen LogP) is 2.21. The standard InChI is InChI=1S/C19H22N2O5S/c1-11(22)13-5-4-6-14(9-13)20-17(24)12(2)26-18(25)15-10-27-19(3)8-7-16(23)21(15)19/h4-6,9,12,15H,7-8,10H2,1-3H3,(H,20,24)/t12-,15-,19-/m0/s1. The molecule has 2 aliphatic heterocycles. The average molecular weight is 390 g/mol. The van der Waals surface area contributed by atoms with Crippen molar-refractivity contribution in [2.45, 2.75) is 50.6 Å². The molecule has 1 aromatic rings. The van der Waals surface area contributed by atoms with Gasteiger partial charge in [-0.2, -0.15) is 0 Å². The summed E-state index contributed by atoms with van der Waals surface area (Å²) >= 11 is 1.57. The van der Waals surface area contributed by atoms with Crippen molar-refractivity contribution in [2.75, 3.05) is 11.1 Å². The fraction of sp³-hybridized carbons (Fsp3) is 0.474. The lowest BCUT2D eigenvalue weighted by Gasteiger charge is -2.29. The Labute approximate surface area is 161 Å². The number of carbonyl (C=O) groups excluding carboxylic acids is 4. The lowest BCUT2D eigenvalue weighted by Crippen LogP contribution is -2.48. The molecule has 144 valence electrons. The Bertz CT molecular complexity index is 811. The molecule has 2 saturated heterocycles. The van der Waals surface area contributed by atoms with Crippen molar-refractivity contribution >= 4 is 41.0 Å². The van der Waals surface area contributed by atoms with E-state index in [1.807, 2.05) is 6.92 Å². The zero-order chi connectivity index (χ0) is 19.8. The molecule has 27 heavy (non-hydrogen) atoms. The zero-order valence-corrected chi connectivity index (χ0v) is 16.3. The molecular weight excluding hydrogens is 368 g/mol. The van der Waals surface area contributed by atoms with Crippen LogP contribution in [0.15, 0.2) is 24.3 Å². The highest BCUT2D eigenvalue weighted by molar-refractivity contribution is 8.01.